The van der Waals surface area contributed by atoms with Crippen LogP contribution in [-0.4, -0.2) is 42.8 Å². The number of fused-ring (bicyclic) bond motifs is 1. The van der Waals surface area contributed by atoms with E-state index in [1.165, 1.54) is 0 Å². The van der Waals surface area contributed by atoms with Crippen molar-refractivity contribution in [3.05, 3.63) is 64.6 Å². The Labute approximate surface area is 229 Å². The minimum absolute atomic E-state index is 0.154. The zero-order chi connectivity index (χ0) is 27.4. The summed E-state index contributed by atoms with van der Waals surface area (Å²) in [4.78, 5) is 20.5. The highest BCUT2D eigenvalue weighted by Gasteiger charge is 2.27. The van der Waals surface area contributed by atoms with Gasteiger partial charge in [0.05, 0.1) is 11.6 Å². The van der Waals surface area contributed by atoms with E-state index >= 15 is 4.39 Å². The van der Waals surface area contributed by atoms with Crippen LogP contribution in [0.15, 0.2) is 52.1 Å². The number of allylic oxidation sites excluding steroid dienone is 1. The van der Waals surface area contributed by atoms with E-state index in [0.717, 1.165) is 97.2 Å². The molecule has 1 atom stereocenters. The van der Waals surface area contributed by atoms with E-state index in [2.05, 4.69) is 11.1 Å². The van der Waals surface area contributed by atoms with Gasteiger partial charge in [0, 0.05) is 38.1 Å². The Morgan fingerprint density at radius 2 is 1.92 bits per heavy atom. The maximum Gasteiger partial charge on any atom is 0.303 e. The normalized spacial score (nSPS) is 23.8. The van der Waals surface area contributed by atoms with Gasteiger partial charge in [0.1, 0.15) is 5.82 Å². The van der Waals surface area contributed by atoms with Crippen LogP contribution >= 0.6 is 0 Å². The van der Waals surface area contributed by atoms with Gasteiger partial charge < -0.3 is 15.6 Å². The molecule has 1 saturated heterocycles. The maximum atomic E-state index is 15.5. The average Bonchev–Trinajstić information content (AvgIpc) is 3.36. The van der Waals surface area contributed by atoms with Gasteiger partial charge in [-0.25, -0.2) is 4.39 Å². The van der Waals surface area contributed by atoms with Crippen LogP contribution in [0.1, 0.15) is 67.6 Å². The second-order valence-corrected chi connectivity index (χ2v) is 11.2. The lowest BCUT2D eigenvalue weighted by Gasteiger charge is -2.25. The summed E-state index contributed by atoms with van der Waals surface area (Å²) in [7, 11) is 0. The number of carbonyl (C=O) groups is 1. The van der Waals surface area contributed by atoms with Crippen LogP contribution < -0.4 is 5.73 Å². The fourth-order valence-electron chi connectivity index (χ4n) is 6.32. The SMILES string of the molecule is Cc1cc(-c2cccc3c2C(C(C=NC2CCC(CC(=O)O)CC2)=CN)C=N3)cc(F)c1CC1CCOCC1. The minimum atomic E-state index is -0.727. The quantitative estimate of drug-likeness (QED) is 0.379. The molecule has 5 rings (SSSR count). The number of nitrogens with two attached hydrogens (primary N) is 1. The van der Waals surface area contributed by atoms with Gasteiger partial charge in [-0.3, -0.25) is 14.8 Å². The van der Waals surface area contributed by atoms with Crippen LogP contribution in [0.5, 0.6) is 0 Å². The number of carboxylic acids is 1. The summed E-state index contributed by atoms with van der Waals surface area (Å²) in [5.41, 5.74) is 12.4. The van der Waals surface area contributed by atoms with Gasteiger partial charge in [0.2, 0.25) is 0 Å². The van der Waals surface area contributed by atoms with E-state index in [0.29, 0.717) is 5.92 Å². The molecule has 0 spiro atoms. The lowest BCUT2D eigenvalue weighted by molar-refractivity contribution is -0.138. The van der Waals surface area contributed by atoms with Crippen LogP contribution in [0.25, 0.3) is 11.1 Å². The lowest BCUT2D eigenvalue weighted by atomic mass is 9.84. The summed E-state index contributed by atoms with van der Waals surface area (Å²) in [6, 6.07) is 9.90. The lowest BCUT2D eigenvalue weighted by Crippen LogP contribution is -2.20. The summed E-state index contributed by atoms with van der Waals surface area (Å²) < 4.78 is 21.0. The molecular weight excluding hydrogens is 493 g/mol. The maximum absolute atomic E-state index is 15.5. The summed E-state index contributed by atoms with van der Waals surface area (Å²) in [6.07, 6.45) is 11.8. The van der Waals surface area contributed by atoms with Crippen molar-refractivity contribution in [2.45, 2.75) is 70.3 Å². The smallest absolute Gasteiger partial charge is 0.303 e. The molecule has 0 radical (unpaired) electrons. The second-order valence-electron chi connectivity index (χ2n) is 11.2. The fraction of sp³-hybridized carbons (Fsp3) is 0.469. The van der Waals surface area contributed by atoms with Gasteiger partial charge in [0.25, 0.3) is 0 Å². The van der Waals surface area contributed by atoms with Crippen molar-refractivity contribution in [3.8, 4) is 11.1 Å². The average molecular weight is 532 g/mol. The van der Waals surface area contributed by atoms with Crippen LogP contribution in [0.3, 0.4) is 0 Å². The van der Waals surface area contributed by atoms with Crippen LogP contribution in [0.4, 0.5) is 10.1 Å². The van der Waals surface area contributed by atoms with Crippen LogP contribution in [0.2, 0.25) is 0 Å². The molecule has 6 nitrogen and oxygen atoms in total. The van der Waals surface area contributed by atoms with Crippen molar-refractivity contribution in [3.63, 3.8) is 0 Å². The Morgan fingerprint density at radius 3 is 2.62 bits per heavy atom. The first kappa shape index (κ1) is 27.3. The number of hydrogen-bond donors (Lipinski definition) is 2. The summed E-state index contributed by atoms with van der Waals surface area (Å²) in [5, 5.41) is 9.07. The van der Waals surface area contributed by atoms with Crippen molar-refractivity contribution < 1.29 is 19.0 Å². The number of nitrogens with zero attached hydrogens (tertiary/aromatic N) is 2. The van der Waals surface area contributed by atoms with E-state index in [1.807, 2.05) is 37.6 Å². The van der Waals surface area contributed by atoms with Gasteiger partial charge in [0.15, 0.2) is 0 Å². The van der Waals surface area contributed by atoms with Gasteiger partial charge in [-0.15, -0.1) is 0 Å². The van der Waals surface area contributed by atoms with Crippen LogP contribution in [0, 0.1) is 24.6 Å². The Bertz CT molecular complexity index is 1260. The molecule has 0 bridgehead atoms. The van der Waals surface area contributed by atoms with Crippen molar-refractivity contribution in [1.82, 2.24) is 0 Å². The van der Waals surface area contributed by atoms with Crippen molar-refractivity contribution in [2.24, 2.45) is 27.6 Å². The molecule has 2 aliphatic heterocycles. The number of halogens is 1. The van der Waals surface area contributed by atoms with Crippen molar-refractivity contribution in [1.29, 1.82) is 0 Å². The first-order chi connectivity index (χ1) is 18.9. The summed E-state index contributed by atoms with van der Waals surface area (Å²) in [6.45, 7) is 3.52. The number of hydrogen-bond acceptors (Lipinski definition) is 5. The standard InChI is InChI=1S/C32H38FN3O3/c1-20-13-23(16-29(33)27(20)14-22-9-11-39-12-10-22)26-3-2-4-30-32(26)28(19-36-30)24(17-34)18-35-25-7-5-21(6-8-25)15-31(37)38/h2-4,13,16-19,21-22,25,28H,5-12,14-15,34H2,1H3,(H,37,38). The van der Waals surface area contributed by atoms with E-state index in [9.17, 15) is 4.79 Å². The highest BCUT2D eigenvalue weighted by atomic mass is 19.1. The zero-order valence-electron chi connectivity index (χ0n) is 22.6. The Morgan fingerprint density at radius 1 is 1.15 bits per heavy atom. The van der Waals surface area contributed by atoms with Crippen molar-refractivity contribution in [2.75, 3.05) is 13.2 Å². The topological polar surface area (TPSA) is 97.3 Å². The number of benzene rings is 2. The third kappa shape index (κ3) is 6.30. The first-order valence-electron chi connectivity index (χ1n) is 14.1. The van der Waals surface area contributed by atoms with Crippen molar-refractivity contribution >= 4 is 24.1 Å². The second kappa shape index (κ2) is 12.2. The van der Waals surface area contributed by atoms with E-state index in [1.54, 1.807) is 12.3 Å². The first-order valence-corrected chi connectivity index (χ1v) is 14.1. The zero-order valence-corrected chi connectivity index (χ0v) is 22.6. The molecule has 0 amide bonds. The number of aliphatic imine (C=N–C) groups is 2. The molecule has 0 aromatic heterocycles. The minimum Gasteiger partial charge on any atom is -0.481 e. The number of aryl methyl sites for hydroxylation is 1. The molecule has 206 valence electrons. The van der Waals surface area contributed by atoms with E-state index < -0.39 is 5.97 Å². The van der Waals surface area contributed by atoms with Gasteiger partial charge in [-0.05, 0) is 115 Å². The third-order valence-electron chi connectivity index (χ3n) is 8.59. The molecule has 7 heteroatoms. The van der Waals surface area contributed by atoms with E-state index in [-0.39, 0.29) is 30.1 Å². The summed E-state index contributed by atoms with van der Waals surface area (Å²) in [5.74, 6) is -0.353. The molecule has 2 aromatic rings. The monoisotopic (exact) mass is 531 g/mol. The molecular formula is C32H38FN3O3. The Kier molecular flexibility index (Phi) is 8.56. The summed E-state index contributed by atoms with van der Waals surface area (Å²) >= 11 is 0. The fourth-order valence-corrected chi connectivity index (χ4v) is 6.32. The molecule has 3 N–H and O–H groups in total. The Hall–Kier alpha value is -3.32. The highest BCUT2D eigenvalue weighted by Crippen LogP contribution is 2.43. The molecule has 2 fully saturated rings. The van der Waals surface area contributed by atoms with E-state index in [4.69, 9.17) is 20.6 Å². The number of ether oxygens (including phenoxy) is 1. The number of rotatable bonds is 8. The van der Waals surface area contributed by atoms with Gasteiger partial charge >= 0.3 is 5.97 Å². The van der Waals surface area contributed by atoms with Crippen LogP contribution in [-0.2, 0) is 16.0 Å². The molecule has 39 heavy (non-hydrogen) atoms. The van der Waals surface area contributed by atoms with Gasteiger partial charge in [-0.2, -0.15) is 0 Å². The molecule has 1 saturated carbocycles. The molecule has 3 aliphatic rings. The number of carboxylic acid groups (broad SMARTS) is 1. The molecule has 2 aromatic carbocycles. The highest BCUT2D eigenvalue weighted by molar-refractivity contribution is 5.97. The largest absolute Gasteiger partial charge is 0.481 e. The third-order valence-corrected chi connectivity index (χ3v) is 8.59. The Balaban J connectivity index is 1.35. The molecule has 1 unspecified atom stereocenters. The number of aliphatic carboxylic acids is 1. The molecule has 2 heterocycles. The predicted octanol–water partition coefficient (Wildman–Crippen LogP) is 6.52. The van der Waals surface area contributed by atoms with Gasteiger partial charge in [-0.1, -0.05) is 18.2 Å². The predicted molar refractivity (Wildman–Crippen MR) is 153 cm³/mol. The molecule has 1 aliphatic carbocycles.